The lowest BCUT2D eigenvalue weighted by molar-refractivity contribution is 0.581. The fraction of sp³-hybridized carbons (Fsp3) is 0.308. The molecule has 0 unspecified atom stereocenters. The number of sulfonamides is 1. The van der Waals surface area contributed by atoms with Gasteiger partial charge < -0.3 is 5.73 Å². The van der Waals surface area contributed by atoms with E-state index < -0.39 is 10.0 Å². The van der Waals surface area contributed by atoms with Gasteiger partial charge in [0.1, 0.15) is 0 Å². The van der Waals surface area contributed by atoms with Gasteiger partial charge in [0.05, 0.1) is 16.1 Å². The van der Waals surface area contributed by atoms with Gasteiger partial charge in [-0.2, -0.15) is 0 Å². The summed E-state index contributed by atoms with van der Waals surface area (Å²) in [6.45, 7) is 0.897. The van der Waals surface area contributed by atoms with Crippen LogP contribution in [0.2, 0.25) is 0 Å². The normalized spacial score (nSPS) is 11.7. The molecule has 0 saturated heterocycles. The number of hydrogen-bond donors (Lipinski definition) is 2. The van der Waals surface area contributed by atoms with Gasteiger partial charge in [-0.25, -0.2) is 18.1 Å². The predicted octanol–water partition coefficient (Wildman–Crippen LogP) is 1.17. The minimum absolute atomic E-state index is 0.275. The molecule has 20 heavy (non-hydrogen) atoms. The van der Waals surface area contributed by atoms with E-state index in [4.69, 9.17) is 5.73 Å². The molecule has 0 amide bonds. The Labute approximate surface area is 122 Å². The van der Waals surface area contributed by atoms with Crippen LogP contribution < -0.4 is 10.5 Å². The van der Waals surface area contributed by atoms with Gasteiger partial charge in [-0.1, -0.05) is 12.1 Å². The molecule has 7 heteroatoms. The third kappa shape index (κ3) is 4.11. The first kappa shape index (κ1) is 15.1. The quantitative estimate of drug-likeness (QED) is 0.803. The fourth-order valence-electron chi connectivity index (χ4n) is 1.76. The van der Waals surface area contributed by atoms with Crippen molar-refractivity contribution >= 4 is 21.4 Å². The topological polar surface area (TPSA) is 85.1 Å². The molecule has 2 rings (SSSR count). The first-order chi connectivity index (χ1) is 9.62. The molecule has 0 aliphatic carbocycles. The average Bonchev–Trinajstić information content (AvgIpc) is 2.93. The molecule has 0 bridgehead atoms. The standard InChI is InChI=1S/C13H17N3O2S2/c14-7-5-11-1-3-13(4-2-11)20(17,18)16-8-6-12-9-19-10-15-12/h1-4,9-10,16H,5-8,14H2. The van der Waals surface area contributed by atoms with Crippen LogP contribution in [0, 0.1) is 0 Å². The van der Waals surface area contributed by atoms with Crippen LogP contribution in [-0.2, 0) is 22.9 Å². The second kappa shape index (κ2) is 6.94. The summed E-state index contributed by atoms with van der Waals surface area (Å²) in [7, 11) is -3.45. The summed E-state index contributed by atoms with van der Waals surface area (Å²) in [5, 5.41) is 1.91. The Morgan fingerprint density at radius 1 is 1.20 bits per heavy atom. The third-order valence-electron chi connectivity index (χ3n) is 2.82. The van der Waals surface area contributed by atoms with Gasteiger partial charge in [0.2, 0.25) is 10.0 Å². The van der Waals surface area contributed by atoms with Crippen molar-refractivity contribution in [2.45, 2.75) is 17.7 Å². The van der Waals surface area contributed by atoms with Crippen molar-refractivity contribution in [1.29, 1.82) is 0 Å². The van der Waals surface area contributed by atoms with E-state index in [1.165, 1.54) is 11.3 Å². The summed E-state index contributed by atoms with van der Waals surface area (Å²) in [4.78, 5) is 4.39. The highest BCUT2D eigenvalue weighted by Gasteiger charge is 2.13. The summed E-state index contributed by atoms with van der Waals surface area (Å²) in [6, 6.07) is 6.80. The van der Waals surface area contributed by atoms with Crippen LogP contribution in [0.3, 0.4) is 0 Å². The number of thiazole rings is 1. The molecule has 3 N–H and O–H groups in total. The molecule has 0 aliphatic heterocycles. The molecule has 0 spiro atoms. The minimum Gasteiger partial charge on any atom is -0.330 e. The van der Waals surface area contributed by atoms with E-state index in [0.29, 0.717) is 19.5 Å². The summed E-state index contributed by atoms with van der Waals surface area (Å²) in [5.41, 5.74) is 9.13. The van der Waals surface area contributed by atoms with Crippen molar-refractivity contribution in [3.63, 3.8) is 0 Å². The first-order valence-corrected chi connectivity index (χ1v) is 8.70. The molecule has 0 aliphatic rings. The molecule has 0 saturated carbocycles. The summed E-state index contributed by atoms with van der Waals surface area (Å²) in [6.07, 6.45) is 1.34. The van der Waals surface area contributed by atoms with Gasteiger partial charge in [0.25, 0.3) is 0 Å². The molecule has 0 atom stereocenters. The van der Waals surface area contributed by atoms with E-state index in [1.807, 2.05) is 5.38 Å². The van der Waals surface area contributed by atoms with E-state index in [0.717, 1.165) is 17.7 Å². The number of benzene rings is 1. The number of nitrogens with two attached hydrogens (primary N) is 1. The largest absolute Gasteiger partial charge is 0.330 e. The minimum atomic E-state index is -3.45. The molecule has 0 fully saturated rings. The smallest absolute Gasteiger partial charge is 0.240 e. The number of hydrogen-bond acceptors (Lipinski definition) is 5. The fourth-order valence-corrected chi connectivity index (χ4v) is 3.38. The number of nitrogens with one attached hydrogen (secondary N) is 1. The lowest BCUT2D eigenvalue weighted by atomic mass is 10.2. The van der Waals surface area contributed by atoms with Crippen LogP contribution in [0.25, 0.3) is 0 Å². The van der Waals surface area contributed by atoms with Crippen molar-refractivity contribution < 1.29 is 8.42 Å². The Morgan fingerprint density at radius 2 is 1.95 bits per heavy atom. The maximum absolute atomic E-state index is 12.1. The third-order valence-corrected chi connectivity index (χ3v) is 4.94. The van der Waals surface area contributed by atoms with Gasteiger partial charge in [-0.3, -0.25) is 0 Å². The van der Waals surface area contributed by atoms with Crippen molar-refractivity contribution in [2.24, 2.45) is 5.73 Å². The summed E-state index contributed by atoms with van der Waals surface area (Å²) < 4.78 is 26.7. The zero-order valence-electron chi connectivity index (χ0n) is 11.0. The van der Waals surface area contributed by atoms with E-state index in [2.05, 4.69) is 9.71 Å². The highest BCUT2D eigenvalue weighted by molar-refractivity contribution is 7.89. The Hall–Kier alpha value is -1.28. The Balaban J connectivity index is 1.95. The van der Waals surface area contributed by atoms with Gasteiger partial charge in [0.15, 0.2) is 0 Å². The highest BCUT2D eigenvalue weighted by Crippen LogP contribution is 2.11. The average molecular weight is 311 g/mol. The van der Waals surface area contributed by atoms with Crippen LogP contribution in [-0.4, -0.2) is 26.5 Å². The molecule has 1 aromatic heterocycles. The second-order valence-electron chi connectivity index (χ2n) is 4.31. The van der Waals surface area contributed by atoms with Crippen LogP contribution in [0.4, 0.5) is 0 Å². The zero-order chi connectivity index (χ0) is 14.4. The van der Waals surface area contributed by atoms with E-state index >= 15 is 0 Å². The van der Waals surface area contributed by atoms with Crippen LogP contribution in [0.15, 0.2) is 40.1 Å². The van der Waals surface area contributed by atoms with Crippen LogP contribution >= 0.6 is 11.3 Å². The number of nitrogens with zero attached hydrogens (tertiary/aromatic N) is 1. The Kier molecular flexibility index (Phi) is 5.24. The number of rotatable bonds is 7. The van der Waals surface area contributed by atoms with Crippen molar-refractivity contribution in [2.75, 3.05) is 13.1 Å². The van der Waals surface area contributed by atoms with Gasteiger partial charge in [-0.05, 0) is 30.7 Å². The summed E-state index contributed by atoms with van der Waals surface area (Å²) >= 11 is 1.50. The molecule has 0 radical (unpaired) electrons. The molecule has 5 nitrogen and oxygen atoms in total. The van der Waals surface area contributed by atoms with Crippen molar-refractivity contribution in [1.82, 2.24) is 9.71 Å². The van der Waals surface area contributed by atoms with Crippen molar-refractivity contribution in [3.8, 4) is 0 Å². The Morgan fingerprint density at radius 3 is 2.55 bits per heavy atom. The predicted molar refractivity (Wildman–Crippen MR) is 80.2 cm³/mol. The number of aromatic nitrogens is 1. The van der Waals surface area contributed by atoms with E-state index in [1.54, 1.807) is 29.8 Å². The van der Waals surface area contributed by atoms with E-state index in [-0.39, 0.29) is 4.90 Å². The summed E-state index contributed by atoms with van der Waals surface area (Å²) in [5.74, 6) is 0. The van der Waals surface area contributed by atoms with Crippen LogP contribution in [0.1, 0.15) is 11.3 Å². The molecular weight excluding hydrogens is 294 g/mol. The van der Waals surface area contributed by atoms with Crippen molar-refractivity contribution in [3.05, 3.63) is 46.4 Å². The lowest BCUT2D eigenvalue weighted by Gasteiger charge is -2.07. The first-order valence-electron chi connectivity index (χ1n) is 6.27. The Bertz CT molecular complexity index is 622. The maximum atomic E-state index is 12.1. The lowest BCUT2D eigenvalue weighted by Crippen LogP contribution is -2.26. The molecule has 108 valence electrons. The van der Waals surface area contributed by atoms with Gasteiger partial charge in [-0.15, -0.1) is 11.3 Å². The maximum Gasteiger partial charge on any atom is 0.240 e. The molecule has 2 aromatic rings. The van der Waals surface area contributed by atoms with Gasteiger partial charge in [0, 0.05) is 18.3 Å². The van der Waals surface area contributed by atoms with E-state index in [9.17, 15) is 8.42 Å². The van der Waals surface area contributed by atoms with Gasteiger partial charge >= 0.3 is 0 Å². The SMILES string of the molecule is NCCc1ccc(S(=O)(=O)NCCc2cscn2)cc1. The monoisotopic (exact) mass is 311 g/mol. The molecule has 1 heterocycles. The molecular formula is C13H17N3O2S2. The molecule has 1 aromatic carbocycles. The highest BCUT2D eigenvalue weighted by atomic mass is 32.2. The zero-order valence-corrected chi connectivity index (χ0v) is 12.6. The van der Waals surface area contributed by atoms with Crippen LogP contribution in [0.5, 0.6) is 0 Å². The second-order valence-corrected chi connectivity index (χ2v) is 6.80.